The lowest BCUT2D eigenvalue weighted by Crippen LogP contribution is -2.71. The number of carbonyl (C=O) groups excluding carboxylic acids is 2. The molecule has 0 radical (unpaired) electrons. The van der Waals surface area contributed by atoms with Crippen molar-refractivity contribution in [1.29, 1.82) is 0 Å². The van der Waals surface area contributed by atoms with Gasteiger partial charge in [0.25, 0.3) is 11.8 Å². The van der Waals surface area contributed by atoms with Crippen LogP contribution in [0.3, 0.4) is 0 Å². The van der Waals surface area contributed by atoms with Crippen LogP contribution in [-0.2, 0) is 31.1 Å². The van der Waals surface area contributed by atoms with Crippen molar-refractivity contribution in [2.45, 2.75) is 16.6 Å². The Balaban J connectivity index is 1.48. The van der Waals surface area contributed by atoms with Crippen molar-refractivity contribution in [2.24, 2.45) is 12.2 Å². The number of aromatic nitrogens is 6. The molecule has 0 spiro atoms. The molecule has 0 aliphatic carbocycles. The van der Waals surface area contributed by atoms with Crippen molar-refractivity contribution in [2.75, 3.05) is 18.1 Å². The summed E-state index contributed by atoms with van der Waals surface area (Å²) >= 11 is 2.53. The monoisotopic (exact) mass is 523 g/mol. The average molecular weight is 524 g/mol. The molecular formula is C17H17N9O7S2. The van der Waals surface area contributed by atoms with E-state index in [1.165, 1.54) is 40.5 Å². The van der Waals surface area contributed by atoms with Crippen LogP contribution < -0.4 is 5.32 Å². The molecule has 1 fully saturated rings. The molecular weight excluding hydrogens is 506 g/mol. The molecule has 18 heteroatoms. The van der Waals surface area contributed by atoms with Gasteiger partial charge in [-0.2, -0.15) is 5.10 Å². The van der Waals surface area contributed by atoms with E-state index in [4.69, 9.17) is 5.11 Å². The SMILES string of the molecule is Cn1nnnc1SCC1=C(C(=O)O)N2C(=O)[C@@H](NC(=O)C(=NOCC(=O)O)c3ccn[nH]3)[C@H]2SC1. The van der Waals surface area contributed by atoms with E-state index in [0.717, 1.165) is 4.90 Å². The van der Waals surface area contributed by atoms with Crippen LogP contribution in [0.1, 0.15) is 5.69 Å². The fourth-order valence-electron chi connectivity index (χ4n) is 3.25. The molecule has 4 N–H and O–H groups in total. The van der Waals surface area contributed by atoms with Crippen LogP contribution in [0.15, 0.2) is 33.8 Å². The average Bonchev–Trinajstić information content (AvgIpc) is 3.49. The highest BCUT2D eigenvalue weighted by atomic mass is 32.2. The van der Waals surface area contributed by atoms with Gasteiger partial charge < -0.3 is 20.4 Å². The van der Waals surface area contributed by atoms with Crippen molar-refractivity contribution in [3.8, 4) is 0 Å². The molecule has 2 aromatic rings. The van der Waals surface area contributed by atoms with Gasteiger partial charge in [-0.3, -0.25) is 19.6 Å². The molecule has 2 aromatic heterocycles. The Morgan fingerprint density at radius 1 is 1.40 bits per heavy atom. The molecule has 0 saturated carbocycles. The number of nitrogens with zero attached hydrogens (tertiary/aromatic N) is 7. The number of rotatable bonds is 10. The zero-order valence-electron chi connectivity index (χ0n) is 17.8. The van der Waals surface area contributed by atoms with Crippen molar-refractivity contribution < 1.29 is 34.2 Å². The second-order valence-corrected chi connectivity index (χ2v) is 9.12. The number of aromatic amines is 1. The quantitative estimate of drug-likeness (QED) is 0.118. The fourth-order valence-corrected chi connectivity index (χ4v) is 5.59. The van der Waals surface area contributed by atoms with E-state index in [0.29, 0.717) is 16.5 Å². The largest absolute Gasteiger partial charge is 0.479 e. The molecule has 184 valence electrons. The van der Waals surface area contributed by atoms with Gasteiger partial charge in [0.15, 0.2) is 5.71 Å². The number of oxime groups is 1. The molecule has 2 aliphatic heterocycles. The molecule has 0 unspecified atom stereocenters. The third-order valence-electron chi connectivity index (χ3n) is 4.81. The lowest BCUT2D eigenvalue weighted by atomic mass is 10.0. The molecule has 2 atom stereocenters. The number of hydrogen-bond acceptors (Lipinski definition) is 12. The van der Waals surface area contributed by atoms with Crippen LogP contribution in [0.5, 0.6) is 0 Å². The predicted octanol–water partition coefficient (Wildman–Crippen LogP) is -1.73. The minimum atomic E-state index is -1.29. The van der Waals surface area contributed by atoms with E-state index in [1.54, 1.807) is 7.05 Å². The summed E-state index contributed by atoms with van der Waals surface area (Å²) in [4.78, 5) is 54.2. The van der Waals surface area contributed by atoms with Crippen LogP contribution in [0.25, 0.3) is 0 Å². The van der Waals surface area contributed by atoms with Crippen molar-refractivity contribution in [1.82, 2.24) is 40.6 Å². The Bertz CT molecular complexity index is 1230. The van der Waals surface area contributed by atoms with Crippen molar-refractivity contribution in [3.05, 3.63) is 29.2 Å². The molecule has 4 rings (SSSR count). The number of aryl methyl sites for hydroxylation is 1. The normalized spacial score (nSPS) is 19.7. The summed E-state index contributed by atoms with van der Waals surface area (Å²) in [6, 6.07) is 0.390. The maximum atomic E-state index is 12.9. The first-order valence-electron chi connectivity index (χ1n) is 9.75. The number of hydrogen-bond donors (Lipinski definition) is 4. The number of tetrazole rings is 1. The van der Waals surface area contributed by atoms with Crippen molar-refractivity contribution >= 4 is 53.0 Å². The summed E-state index contributed by atoms with van der Waals surface area (Å²) in [5, 5.41) is 41.8. The Kier molecular flexibility index (Phi) is 7.01. The lowest BCUT2D eigenvalue weighted by molar-refractivity contribution is -0.150. The number of aliphatic carboxylic acids is 2. The molecule has 0 aromatic carbocycles. The summed E-state index contributed by atoms with van der Waals surface area (Å²) < 4.78 is 1.45. The molecule has 35 heavy (non-hydrogen) atoms. The van der Waals surface area contributed by atoms with E-state index in [-0.39, 0.29) is 22.9 Å². The number of carboxylic acid groups (broad SMARTS) is 2. The van der Waals surface area contributed by atoms with E-state index in [9.17, 15) is 24.3 Å². The Labute approximate surface area is 204 Å². The highest BCUT2D eigenvalue weighted by molar-refractivity contribution is 8.01. The van der Waals surface area contributed by atoms with Crippen molar-refractivity contribution in [3.63, 3.8) is 0 Å². The minimum Gasteiger partial charge on any atom is -0.479 e. The predicted molar refractivity (Wildman–Crippen MR) is 118 cm³/mol. The number of β-lactam (4-membered cyclic amide) rings is 1. The third kappa shape index (κ3) is 4.97. The number of thioether (sulfide) groups is 2. The van der Waals surface area contributed by atoms with Gasteiger partial charge in [0.1, 0.15) is 17.1 Å². The molecule has 1 saturated heterocycles. The van der Waals surface area contributed by atoms with Crippen LogP contribution in [-0.4, -0.2) is 105 Å². The number of carboxylic acids is 2. The number of carbonyl (C=O) groups is 4. The van der Waals surface area contributed by atoms with Gasteiger partial charge in [0, 0.05) is 24.8 Å². The van der Waals surface area contributed by atoms with Crippen LogP contribution in [0.4, 0.5) is 0 Å². The van der Waals surface area contributed by atoms with Crippen LogP contribution in [0.2, 0.25) is 0 Å². The van der Waals surface area contributed by atoms with Gasteiger partial charge in [-0.1, -0.05) is 16.9 Å². The van der Waals surface area contributed by atoms with E-state index in [2.05, 4.69) is 41.0 Å². The van der Waals surface area contributed by atoms with Gasteiger partial charge >= 0.3 is 11.9 Å². The summed E-state index contributed by atoms with van der Waals surface area (Å²) in [5.41, 5.74) is 0.196. The van der Waals surface area contributed by atoms with Crippen LogP contribution >= 0.6 is 23.5 Å². The zero-order valence-corrected chi connectivity index (χ0v) is 19.4. The van der Waals surface area contributed by atoms with Gasteiger partial charge in [-0.05, 0) is 22.1 Å². The third-order valence-corrected chi connectivity index (χ3v) is 7.24. The first kappa shape index (κ1) is 24.2. The Morgan fingerprint density at radius 2 is 2.20 bits per heavy atom. The maximum absolute atomic E-state index is 12.9. The molecule has 2 amide bonds. The molecule has 2 aliphatic rings. The highest BCUT2D eigenvalue weighted by Gasteiger charge is 2.54. The molecule has 4 heterocycles. The Hall–Kier alpha value is -3.93. The van der Waals surface area contributed by atoms with Gasteiger partial charge in [0.2, 0.25) is 11.8 Å². The first-order valence-corrected chi connectivity index (χ1v) is 11.8. The Morgan fingerprint density at radius 3 is 2.83 bits per heavy atom. The summed E-state index contributed by atoms with van der Waals surface area (Å²) in [6.07, 6.45) is 1.35. The van der Waals surface area contributed by atoms with Gasteiger partial charge in [-0.25, -0.2) is 14.3 Å². The number of H-pyrrole nitrogens is 1. The summed E-state index contributed by atoms with van der Waals surface area (Å²) in [5.74, 6) is -3.42. The number of fused-ring (bicyclic) bond motifs is 1. The zero-order chi connectivity index (χ0) is 25.1. The maximum Gasteiger partial charge on any atom is 0.352 e. The molecule has 16 nitrogen and oxygen atoms in total. The van der Waals surface area contributed by atoms with E-state index < -0.39 is 41.8 Å². The van der Waals surface area contributed by atoms with Crippen LogP contribution in [0, 0.1) is 0 Å². The number of amides is 2. The van der Waals surface area contributed by atoms with Gasteiger partial charge in [-0.15, -0.1) is 16.9 Å². The first-order chi connectivity index (χ1) is 16.8. The number of nitrogens with one attached hydrogen (secondary N) is 2. The minimum absolute atomic E-state index is 0.136. The lowest BCUT2D eigenvalue weighted by Gasteiger charge is -2.49. The summed E-state index contributed by atoms with van der Waals surface area (Å²) in [7, 11) is 1.65. The van der Waals surface area contributed by atoms with Gasteiger partial charge in [0.05, 0.1) is 5.69 Å². The smallest absolute Gasteiger partial charge is 0.352 e. The highest BCUT2D eigenvalue weighted by Crippen LogP contribution is 2.41. The molecule has 0 bridgehead atoms. The topological polar surface area (TPSA) is 218 Å². The fraction of sp³-hybridized carbons (Fsp3) is 0.353. The van der Waals surface area contributed by atoms with E-state index >= 15 is 0 Å². The second kappa shape index (κ2) is 10.1. The summed E-state index contributed by atoms with van der Waals surface area (Å²) in [6.45, 7) is -0.780. The van der Waals surface area contributed by atoms with E-state index in [1.807, 2.05) is 0 Å². The standard InChI is InChI=1S/C17H17N9O7S2/c1-25-17(21-23-24-25)35-6-7-5-34-15-11(14(30)26(15)12(7)16(31)32)19-13(29)10(8-2-3-18-20-8)22-33-4-9(27)28/h2-3,11,15H,4-6H2,1H3,(H,18,20)(H,19,29)(H,27,28)(H,31,32)/t11-,15-/m1/s1. The second-order valence-electron chi connectivity index (χ2n) is 7.07.